The summed E-state index contributed by atoms with van der Waals surface area (Å²) in [5.41, 5.74) is -1.43. The maximum atomic E-state index is 12.3. The highest BCUT2D eigenvalue weighted by Gasteiger charge is 2.58. The van der Waals surface area contributed by atoms with Gasteiger partial charge < -0.3 is 14.2 Å². The fourth-order valence-corrected chi connectivity index (χ4v) is 3.98. The van der Waals surface area contributed by atoms with Gasteiger partial charge in [-0.3, -0.25) is 4.79 Å². The molecule has 4 unspecified atom stereocenters. The van der Waals surface area contributed by atoms with Crippen molar-refractivity contribution in [2.75, 3.05) is 0 Å². The van der Waals surface area contributed by atoms with Crippen LogP contribution in [0.2, 0.25) is 0 Å². The molecule has 3 aliphatic heterocycles. The molecule has 0 aromatic rings. The number of hydrogen-bond donors (Lipinski definition) is 0. The molecule has 4 atom stereocenters. The third-order valence-corrected chi connectivity index (χ3v) is 5.68. The molecule has 2 fully saturated rings. The Morgan fingerprint density at radius 3 is 2.18 bits per heavy atom. The molecule has 5 heteroatoms. The van der Waals surface area contributed by atoms with Crippen LogP contribution in [0.25, 0.3) is 0 Å². The van der Waals surface area contributed by atoms with Crippen LogP contribution in [-0.4, -0.2) is 40.2 Å². The molecule has 0 radical (unpaired) electrons. The zero-order valence-electron chi connectivity index (χ0n) is 16.7. The van der Waals surface area contributed by atoms with E-state index in [1.54, 1.807) is 4.90 Å². The molecule has 22 heavy (non-hydrogen) atoms. The van der Waals surface area contributed by atoms with E-state index in [1.807, 2.05) is 47.6 Å². The number of hydrogen-bond acceptors (Lipinski definition) is 3. The molecule has 0 N–H and O–H groups in total. The second-order valence-corrected chi connectivity index (χ2v) is 8.26. The third-order valence-electron chi connectivity index (χ3n) is 5.68. The molecule has 3 rings (SSSR count). The molecule has 0 aromatic heterocycles. The molecular formula is C17H28BNO3. The molecule has 0 aliphatic carbocycles. The summed E-state index contributed by atoms with van der Waals surface area (Å²) in [6.07, 6.45) is 1.10. The Morgan fingerprint density at radius 2 is 1.73 bits per heavy atom. The fourth-order valence-electron chi connectivity index (χ4n) is 3.98. The summed E-state index contributed by atoms with van der Waals surface area (Å²) in [6, 6.07) is 0. The Morgan fingerprint density at radius 1 is 1.18 bits per heavy atom. The van der Waals surface area contributed by atoms with E-state index in [0.29, 0.717) is 6.42 Å². The summed E-state index contributed by atoms with van der Waals surface area (Å²) in [5.74, 6) is -0.0868. The van der Waals surface area contributed by atoms with E-state index in [4.69, 9.17) is 12.1 Å². The highest BCUT2D eigenvalue weighted by atomic mass is 16.7. The van der Waals surface area contributed by atoms with Gasteiger partial charge in [0.05, 0.1) is 16.7 Å². The average Bonchev–Trinajstić information content (AvgIpc) is 2.68. The number of rotatable bonds is 1. The van der Waals surface area contributed by atoms with Gasteiger partial charge in [-0.15, -0.1) is 0 Å². The lowest BCUT2D eigenvalue weighted by Crippen LogP contribution is -2.56. The van der Waals surface area contributed by atoms with E-state index < -0.39 is 42.2 Å². The lowest BCUT2D eigenvalue weighted by atomic mass is 9.68. The van der Waals surface area contributed by atoms with Gasteiger partial charge in [-0.25, -0.2) is 0 Å². The molecule has 1 amide bonds. The molecule has 4 nitrogen and oxygen atoms in total. The Hall–Kier alpha value is -0.805. The monoisotopic (exact) mass is 307 g/mol. The number of amides is 1. The smallest absolute Gasteiger partial charge is 0.400 e. The van der Waals surface area contributed by atoms with Crippen molar-refractivity contribution in [1.29, 1.82) is 0 Å². The van der Waals surface area contributed by atoms with Crippen LogP contribution in [0.1, 0.15) is 70.4 Å². The van der Waals surface area contributed by atoms with Crippen molar-refractivity contribution < 1.29 is 16.8 Å². The first-order valence-electron chi connectivity index (χ1n) is 9.14. The van der Waals surface area contributed by atoms with E-state index in [2.05, 4.69) is 0 Å². The van der Waals surface area contributed by atoms with Gasteiger partial charge in [0.15, 0.2) is 0 Å². The van der Waals surface area contributed by atoms with Crippen LogP contribution in [0.4, 0.5) is 0 Å². The molecule has 2 bridgehead atoms. The van der Waals surface area contributed by atoms with Crippen molar-refractivity contribution in [3.63, 3.8) is 0 Å². The number of carbonyl (C=O) groups excluding carboxylic acids is 1. The van der Waals surface area contributed by atoms with E-state index >= 15 is 0 Å². The minimum atomic E-state index is -0.801. The van der Waals surface area contributed by atoms with E-state index in [1.165, 1.54) is 6.92 Å². The van der Waals surface area contributed by atoms with Gasteiger partial charge in [0.1, 0.15) is 0 Å². The zero-order chi connectivity index (χ0) is 18.3. The van der Waals surface area contributed by atoms with Crippen LogP contribution in [0.5, 0.6) is 0 Å². The zero-order valence-corrected chi connectivity index (χ0v) is 14.7. The maximum absolute atomic E-state index is 12.3. The SMILES string of the molecule is [2H]C1C([2H])C2(C)CC(B3OC(C)(C)C(C)(C)O3)=CC1(C)N2C(C)=O. The highest BCUT2D eigenvalue weighted by molar-refractivity contribution is 6.54. The van der Waals surface area contributed by atoms with E-state index in [-0.39, 0.29) is 5.91 Å². The van der Waals surface area contributed by atoms with Gasteiger partial charge in [0, 0.05) is 15.2 Å². The minimum Gasteiger partial charge on any atom is -0.400 e. The van der Waals surface area contributed by atoms with Gasteiger partial charge in [-0.05, 0) is 66.2 Å². The van der Waals surface area contributed by atoms with Crippen molar-refractivity contribution in [2.45, 2.75) is 90.0 Å². The number of carbonyl (C=O) groups is 1. The second kappa shape index (κ2) is 4.38. The van der Waals surface area contributed by atoms with Gasteiger partial charge >= 0.3 is 7.12 Å². The number of fused-ring (bicyclic) bond motifs is 2. The molecule has 0 spiro atoms. The molecule has 0 aromatic carbocycles. The van der Waals surface area contributed by atoms with Gasteiger partial charge in [0.25, 0.3) is 0 Å². The maximum Gasteiger partial charge on any atom is 0.490 e. The van der Waals surface area contributed by atoms with Crippen LogP contribution < -0.4 is 0 Å². The molecular weight excluding hydrogens is 277 g/mol. The summed E-state index contributed by atoms with van der Waals surface area (Å²) in [6.45, 7) is 13.4. The summed E-state index contributed by atoms with van der Waals surface area (Å²) in [4.78, 5) is 14.0. The molecule has 3 heterocycles. The van der Waals surface area contributed by atoms with Crippen LogP contribution in [-0.2, 0) is 14.1 Å². The first-order chi connectivity index (χ1) is 10.8. The predicted octanol–water partition coefficient (Wildman–Crippen LogP) is 3.11. The van der Waals surface area contributed by atoms with Gasteiger partial charge in [-0.2, -0.15) is 0 Å². The summed E-state index contributed by atoms with van der Waals surface area (Å²) < 4.78 is 29.4. The quantitative estimate of drug-likeness (QED) is 0.699. The van der Waals surface area contributed by atoms with Crippen molar-refractivity contribution in [3.05, 3.63) is 11.5 Å². The van der Waals surface area contributed by atoms with Crippen LogP contribution in [0, 0.1) is 0 Å². The van der Waals surface area contributed by atoms with E-state index in [0.717, 1.165) is 5.47 Å². The van der Waals surface area contributed by atoms with Crippen LogP contribution in [0.15, 0.2) is 11.5 Å². The average molecular weight is 307 g/mol. The van der Waals surface area contributed by atoms with Crippen molar-refractivity contribution in [3.8, 4) is 0 Å². The van der Waals surface area contributed by atoms with Crippen molar-refractivity contribution in [1.82, 2.24) is 4.90 Å². The first kappa shape index (κ1) is 13.6. The highest BCUT2D eigenvalue weighted by Crippen LogP contribution is 2.51. The largest absolute Gasteiger partial charge is 0.490 e. The Kier molecular flexibility index (Phi) is 2.71. The topological polar surface area (TPSA) is 38.8 Å². The van der Waals surface area contributed by atoms with Crippen LogP contribution >= 0.6 is 0 Å². The molecule has 2 saturated heterocycles. The van der Waals surface area contributed by atoms with Gasteiger partial charge in [0.2, 0.25) is 5.91 Å². The lowest BCUT2D eigenvalue weighted by Gasteiger charge is -2.47. The first-order valence-corrected chi connectivity index (χ1v) is 7.99. The second-order valence-electron chi connectivity index (χ2n) is 8.26. The van der Waals surface area contributed by atoms with Crippen molar-refractivity contribution in [2.24, 2.45) is 0 Å². The lowest BCUT2D eigenvalue weighted by molar-refractivity contribution is -0.137. The summed E-state index contributed by atoms with van der Waals surface area (Å²) in [5, 5.41) is 0. The summed E-state index contributed by atoms with van der Waals surface area (Å²) in [7, 11) is -0.486. The van der Waals surface area contributed by atoms with Gasteiger partial charge in [-0.1, -0.05) is 6.08 Å². The number of nitrogens with zero attached hydrogens (tertiary/aromatic N) is 1. The summed E-state index contributed by atoms with van der Waals surface area (Å²) >= 11 is 0. The standard InChI is InChI=1S/C17H28BNO3/c1-12(20)19-16(6)8-9-17(19,7)11-13(10-16)18-21-14(2,3)15(4,5)22-18/h10H,8-9,11H2,1-7H3/i8D,9D. The fraction of sp³-hybridized carbons (Fsp3) is 0.824. The minimum absolute atomic E-state index is 0.0868. The third kappa shape index (κ3) is 2.09. The molecule has 0 saturated carbocycles. The van der Waals surface area contributed by atoms with E-state index in [9.17, 15) is 4.79 Å². The molecule has 3 aliphatic rings. The Balaban J connectivity index is 2.03. The Labute approximate surface area is 137 Å². The predicted molar refractivity (Wildman–Crippen MR) is 87.3 cm³/mol. The van der Waals surface area contributed by atoms with Crippen LogP contribution in [0.3, 0.4) is 0 Å². The van der Waals surface area contributed by atoms with Crippen molar-refractivity contribution >= 4 is 13.0 Å². The Bertz CT molecular complexity index is 607. The molecule has 122 valence electrons. The normalized spacial score (nSPS) is 47.1.